The highest BCUT2D eigenvalue weighted by Gasteiger charge is 2.43. The number of hydrogen-bond donors (Lipinski definition) is 3. The monoisotopic (exact) mass is 464 g/mol. The van der Waals surface area contributed by atoms with Crippen LogP contribution < -0.4 is 5.32 Å². The van der Waals surface area contributed by atoms with Crippen LogP contribution in [0.2, 0.25) is 0 Å². The molecule has 3 aliphatic rings. The quantitative estimate of drug-likeness (QED) is 0.627. The lowest BCUT2D eigenvalue weighted by Crippen LogP contribution is -2.43. The number of fused-ring (bicyclic) bond motifs is 3. The maximum atomic E-state index is 12.9. The highest BCUT2D eigenvalue weighted by Crippen LogP contribution is 2.44. The molecule has 3 N–H and O–H groups in total. The van der Waals surface area contributed by atoms with Gasteiger partial charge in [0.15, 0.2) is 0 Å². The van der Waals surface area contributed by atoms with E-state index < -0.39 is 24.2 Å². The molecule has 4 atom stereocenters. The lowest BCUT2D eigenvalue weighted by molar-refractivity contribution is -0.149. The molecule has 2 amide bonds. The molecule has 0 unspecified atom stereocenters. The molecule has 8 heteroatoms. The second-order valence-electron chi connectivity index (χ2n) is 9.41. The van der Waals surface area contributed by atoms with Gasteiger partial charge < -0.3 is 25.2 Å². The van der Waals surface area contributed by atoms with Crippen LogP contribution in [0.4, 0.5) is 4.79 Å². The standard InChI is InChI=1S/C26H28N2O6/c29-17-12-23(25(31)32)28(13-17)24(30)15-9-10-16(11-15)27-26(33)34-14-22-20-7-3-1-5-18(20)19-6-2-4-8-21(19)22/h1-8,15-17,22-23,29H,9-14H2,(H,27,33)(H,31,32)/t15-,16+,17+,23-/m0/s1. The van der Waals surface area contributed by atoms with E-state index in [0.29, 0.717) is 19.3 Å². The highest BCUT2D eigenvalue weighted by molar-refractivity contribution is 5.86. The van der Waals surface area contributed by atoms with Crippen LogP contribution in [0.15, 0.2) is 48.5 Å². The number of nitrogens with one attached hydrogen (secondary N) is 1. The van der Waals surface area contributed by atoms with E-state index in [4.69, 9.17) is 4.74 Å². The van der Waals surface area contributed by atoms with Crippen molar-refractivity contribution >= 4 is 18.0 Å². The molecule has 2 aromatic rings. The number of ether oxygens (including phenoxy) is 1. The van der Waals surface area contributed by atoms with Crippen LogP contribution in [0, 0.1) is 5.92 Å². The van der Waals surface area contributed by atoms with Crippen molar-refractivity contribution in [2.75, 3.05) is 13.2 Å². The fourth-order valence-corrected chi connectivity index (χ4v) is 5.67. The fourth-order valence-electron chi connectivity index (χ4n) is 5.67. The number of aliphatic hydroxyl groups is 1. The molecule has 34 heavy (non-hydrogen) atoms. The van der Waals surface area contributed by atoms with Crippen molar-refractivity contribution in [3.63, 3.8) is 0 Å². The van der Waals surface area contributed by atoms with E-state index in [1.54, 1.807) is 0 Å². The van der Waals surface area contributed by atoms with Crippen LogP contribution in [0.1, 0.15) is 42.7 Å². The number of rotatable bonds is 5. The van der Waals surface area contributed by atoms with E-state index in [1.165, 1.54) is 4.90 Å². The second-order valence-corrected chi connectivity index (χ2v) is 9.41. The average molecular weight is 465 g/mol. The summed E-state index contributed by atoms with van der Waals surface area (Å²) in [5.41, 5.74) is 4.61. The predicted molar refractivity (Wildman–Crippen MR) is 123 cm³/mol. The topological polar surface area (TPSA) is 116 Å². The van der Waals surface area contributed by atoms with Crippen LogP contribution in [-0.4, -0.2) is 64.4 Å². The molecule has 178 valence electrons. The van der Waals surface area contributed by atoms with Gasteiger partial charge in [-0.1, -0.05) is 48.5 Å². The van der Waals surface area contributed by atoms with E-state index in [2.05, 4.69) is 29.6 Å². The molecule has 1 saturated heterocycles. The van der Waals surface area contributed by atoms with Crippen molar-refractivity contribution in [1.29, 1.82) is 0 Å². The summed E-state index contributed by atoms with van der Waals surface area (Å²) >= 11 is 0. The normalized spacial score (nSPS) is 25.6. The first-order valence-corrected chi connectivity index (χ1v) is 11.7. The van der Waals surface area contributed by atoms with Gasteiger partial charge in [0.05, 0.1) is 6.10 Å². The molecule has 1 saturated carbocycles. The van der Waals surface area contributed by atoms with Gasteiger partial charge in [-0.25, -0.2) is 9.59 Å². The van der Waals surface area contributed by atoms with Crippen LogP contribution in [-0.2, 0) is 14.3 Å². The lowest BCUT2D eigenvalue weighted by atomic mass is 9.98. The summed E-state index contributed by atoms with van der Waals surface area (Å²) in [5, 5.41) is 22.1. The fraction of sp³-hybridized carbons (Fsp3) is 0.423. The zero-order valence-electron chi connectivity index (χ0n) is 18.7. The summed E-state index contributed by atoms with van der Waals surface area (Å²) in [6.07, 6.45) is 0.332. The number of likely N-dealkylation sites (tertiary alicyclic amines) is 1. The van der Waals surface area contributed by atoms with E-state index >= 15 is 0 Å². The van der Waals surface area contributed by atoms with Gasteiger partial charge in [0.2, 0.25) is 5.91 Å². The number of amides is 2. The highest BCUT2D eigenvalue weighted by atomic mass is 16.5. The van der Waals surface area contributed by atoms with E-state index in [-0.39, 0.29) is 43.4 Å². The Labute approximate surface area is 197 Å². The minimum Gasteiger partial charge on any atom is -0.480 e. The number of alkyl carbamates (subject to hydrolysis) is 1. The Hall–Kier alpha value is -3.39. The van der Waals surface area contributed by atoms with Gasteiger partial charge in [0.25, 0.3) is 0 Å². The maximum absolute atomic E-state index is 12.9. The van der Waals surface area contributed by atoms with Crippen molar-refractivity contribution < 1.29 is 29.3 Å². The van der Waals surface area contributed by atoms with Crippen LogP contribution in [0.25, 0.3) is 11.1 Å². The van der Waals surface area contributed by atoms with Gasteiger partial charge in [-0.3, -0.25) is 4.79 Å². The molecule has 5 rings (SSSR count). The summed E-state index contributed by atoms with van der Waals surface area (Å²) in [7, 11) is 0. The average Bonchev–Trinajstić information content (AvgIpc) is 3.53. The maximum Gasteiger partial charge on any atom is 0.407 e. The molecule has 0 bridgehead atoms. The predicted octanol–water partition coefficient (Wildman–Crippen LogP) is 2.74. The van der Waals surface area contributed by atoms with Crippen molar-refractivity contribution in [1.82, 2.24) is 10.2 Å². The number of β-amino-alcohol motifs (C(OH)–C–C–N with tert-alkyl or cyclic N) is 1. The Morgan fingerprint density at radius 1 is 0.971 bits per heavy atom. The van der Waals surface area contributed by atoms with Gasteiger partial charge in [0.1, 0.15) is 12.6 Å². The number of benzene rings is 2. The molecule has 0 spiro atoms. The summed E-state index contributed by atoms with van der Waals surface area (Å²) in [5.74, 6) is -1.76. The summed E-state index contributed by atoms with van der Waals surface area (Å²) in [6.45, 7) is 0.262. The third-order valence-electron chi connectivity index (χ3n) is 7.29. The molecule has 1 aliphatic heterocycles. The summed E-state index contributed by atoms with van der Waals surface area (Å²) in [4.78, 5) is 38.2. The number of aliphatic hydroxyl groups excluding tert-OH is 1. The van der Waals surface area contributed by atoms with Gasteiger partial charge in [-0.2, -0.15) is 0 Å². The number of carboxylic acids is 1. The first-order chi connectivity index (χ1) is 16.4. The number of hydrogen-bond acceptors (Lipinski definition) is 5. The zero-order valence-corrected chi connectivity index (χ0v) is 18.7. The van der Waals surface area contributed by atoms with Crippen molar-refractivity contribution in [2.24, 2.45) is 5.92 Å². The van der Waals surface area contributed by atoms with Crippen molar-refractivity contribution in [3.05, 3.63) is 59.7 Å². The Morgan fingerprint density at radius 3 is 2.26 bits per heavy atom. The van der Waals surface area contributed by atoms with Gasteiger partial charge in [-0.15, -0.1) is 0 Å². The summed E-state index contributed by atoms with van der Waals surface area (Å²) in [6, 6.07) is 15.1. The third-order valence-corrected chi connectivity index (χ3v) is 7.29. The zero-order chi connectivity index (χ0) is 23.8. The minimum atomic E-state index is -1.10. The van der Waals surface area contributed by atoms with Crippen molar-refractivity contribution in [3.8, 4) is 11.1 Å². The molecule has 2 aliphatic carbocycles. The largest absolute Gasteiger partial charge is 0.480 e. The number of carboxylic acid groups (broad SMARTS) is 1. The molecule has 1 heterocycles. The number of carbonyl (C=O) groups excluding carboxylic acids is 2. The molecular weight excluding hydrogens is 436 g/mol. The lowest BCUT2D eigenvalue weighted by Gasteiger charge is -2.24. The SMILES string of the molecule is O=C(N[C@@H]1CC[C@H](C(=O)N2C[C@H](O)C[C@H]2C(=O)O)C1)OCC1c2ccccc2-c2ccccc21. The molecular formula is C26H28N2O6. The molecule has 2 aromatic carbocycles. The Morgan fingerprint density at radius 2 is 1.62 bits per heavy atom. The molecule has 2 fully saturated rings. The summed E-state index contributed by atoms with van der Waals surface area (Å²) < 4.78 is 5.60. The number of nitrogens with zero attached hydrogens (tertiary/aromatic N) is 1. The molecule has 8 nitrogen and oxygen atoms in total. The first-order valence-electron chi connectivity index (χ1n) is 11.7. The number of carbonyl (C=O) groups is 3. The van der Waals surface area contributed by atoms with Gasteiger partial charge in [-0.05, 0) is 41.5 Å². The molecule has 0 aromatic heterocycles. The Bertz CT molecular complexity index is 1070. The second kappa shape index (κ2) is 9.10. The van der Waals surface area contributed by atoms with Crippen LogP contribution >= 0.6 is 0 Å². The third kappa shape index (κ3) is 4.14. The first kappa shape index (κ1) is 22.4. The van der Waals surface area contributed by atoms with Crippen LogP contribution in [0.5, 0.6) is 0 Å². The smallest absolute Gasteiger partial charge is 0.407 e. The van der Waals surface area contributed by atoms with E-state index in [9.17, 15) is 24.6 Å². The minimum absolute atomic E-state index is 0.0226. The van der Waals surface area contributed by atoms with E-state index in [1.807, 2.05) is 24.3 Å². The van der Waals surface area contributed by atoms with E-state index in [0.717, 1.165) is 22.3 Å². The molecule has 0 radical (unpaired) electrons. The van der Waals surface area contributed by atoms with Gasteiger partial charge >= 0.3 is 12.1 Å². The Kier molecular flexibility index (Phi) is 6.00. The van der Waals surface area contributed by atoms with Crippen LogP contribution in [0.3, 0.4) is 0 Å². The van der Waals surface area contributed by atoms with Crippen molar-refractivity contribution in [2.45, 2.75) is 49.8 Å². The Balaban J connectivity index is 1.16. The number of aliphatic carboxylic acids is 1. The van der Waals surface area contributed by atoms with Gasteiger partial charge in [0, 0.05) is 30.8 Å².